The van der Waals surface area contributed by atoms with Gasteiger partial charge < -0.3 is 10.6 Å². The number of hydrogen-bond donors (Lipinski definition) is 2. The second-order valence-corrected chi connectivity index (χ2v) is 3.68. The molecule has 0 bridgehead atoms. The molecule has 2 amide bonds. The molecule has 1 aromatic carbocycles. The van der Waals surface area contributed by atoms with Crippen LogP contribution in [0.1, 0.15) is 37.1 Å². The van der Waals surface area contributed by atoms with Gasteiger partial charge in [0.1, 0.15) is 0 Å². The molecule has 0 heterocycles. The summed E-state index contributed by atoms with van der Waals surface area (Å²) < 4.78 is 0. The van der Waals surface area contributed by atoms with Gasteiger partial charge in [-0.25, -0.2) is 0 Å². The van der Waals surface area contributed by atoms with Gasteiger partial charge in [-0.1, -0.05) is 24.3 Å². The molecule has 4 heteroatoms. The van der Waals surface area contributed by atoms with Crippen LogP contribution >= 0.6 is 0 Å². The minimum absolute atomic E-state index is 0.000821. The smallest absolute Gasteiger partial charge is 0.207 e. The van der Waals surface area contributed by atoms with E-state index in [0.717, 1.165) is 11.1 Å². The van der Waals surface area contributed by atoms with Crippen molar-refractivity contribution in [1.82, 2.24) is 10.6 Å². The summed E-state index contributed by atoms with van der Waals surface area (Å²) in [6.45, 7) is 3.83. The molecule has 0 saturated heterocycles. The zero-order valence-electron chi connectivity index (χ0n) is 9.44. The number of carbonyl (C=O) groups is 2. The standard InChI is InChI=1S/C12H16N2O2/c1-9(13-7-15)11-3-5-12(6-4-11)10(2)14-8-16/h3-10H,1-2H3,(H,13,15)(H,14,16). The van der Waals surface area contributed by atoms with Gasteiger partial charge >= 0.3 is 0 Å². The first-order valence-electron chi connectivity index (χ1n) is 5.18. The largest absolute Gasteiger partial charge is 0.352 e. The average Bonchev–Trinajstić information content (AvgIpc) is 2.30. The predicted molar refractivity (Wildman–Crippen MR) is 61.7 cm³/mol. The molecule has 86 valence electrons. The number of nitrogens with one attached hydrogen (secondary N) is 2. The number of carbonyl (C=O) groups excluding carboxylic acids is 2. The highest BCUT2D eigenvalue weighted by Crippen LogP contribution is 2.16. The predicted octanol–water partition coefficient (Wildman–Crippen LogP) is 1.30. The maximum atomic E-state index is 10.3. The number of rotatable bonds is 6. The molecule has 2 unspecified atom stereocenters. The maximum absolute atomic E-state index is 10.3. The average molecular weight is 220 g/mol. The van der Waals surface area contributed by atoms with E-state index in [0.29, 0.717) is 12.8 Å². The Labute approximate surface area is 95.0 Å². The fraction of sp³-hybridized carbons (Fsp3) is 0.333. The van der Waals surface area contributed by atoms with E-state index >= 15 is 0 Å². The highest BCUT2D eigenvalue weighted by Gasteiger charge is 2.06. The molecule has 2 atom stereocenters. The molecule has 1 rings (SSSR count). The molecule has 4 nitrogen and oxygen atoms in total. The van der Waals surface area contributed by atoms with Gasteiger partial charge in [-0.15, -0.1) is 0 Å². The Balaban J connectivity index is 2.74. The van der Waals surface area contributed by atoms with Crippen molar-refractivity contribution in [3.63, 3.8) is 0 Å². The Bertz CT molecular complexity index is 314. The molecule has 16 heavy (non-hydrogen) atoms. The van der Waals surface area contributed by atoms with Gasteiger partial charge in [0.05, 0.1) is 12.1 Å². The summed E-state index contributed by atoms with van der Waals surface area (Å²) in [5.41, 5.74) is 2.07. The number of benzene rings is 1. The van der Waals surface area contributed by atoms with Crippen LogP contribution < -0.4 is 10.6 Å². The minimum atomic E-state index is 0.000821. The number of hydrogen-bond acceptors (Lipinski definition) is 2. The van der Waals surface area contributed by atoms with Crippen LogP contribution in [-0.2, 0) is 9.59 Å². The van der Waals surface area contributed by atoms with Gasteiger partial charge in [0.2, 0.25) is 12.8 Å². The van der Waals surface area contributed by atoms with E-state index < -0.39 is 0 Å². The van der Waals surface area contributed by atoms with E-state index in [1.54, 1.807) is 0 Å². The van der Waals surface area contributed by atoms with E-state index in [1.165, 1.54) is 0 Å². The van der Waals surface area contributed by atoms with Crippen molar-refractivity contribution < 1.29 is 9.59 Å². The summed E-state index contributed by atoms with van der Waals surface area (Å²) >= 11 is 0. The summed E-state index contributed by atoms with van der Waals surface area (Å²) in [4.78, 5) is 20.6. The lowest BCUT2D eigenvalue weighted by atomic mass is 10.0. The molecule has 0 aliphatic rings. The molecule has 0 aliphatic carbocycles. The second-order valence-electron chi connectivity index (χ2n) is 3.68. The van der Waals surface area contributed by atoms with Crippen LogP contribution in [0.2, 0.25) is 0 Å². The van der Waals surface area contributed by atoms with Crippen LogP contribution in [0.25, 0.3) is 0 Å². The fourth-order valence-electron chi connectivity index (χ4n) is 1.47. The maximum Gasteiger partial charge on any atom is 0.207 e. The van der Waals surface area contributed by atoms with Gasteiger partial charge in [0.25, 0.3) is 0 Å². The van der Waals surface area contributed by atoms with Gasteiger partial charge in [0, 0.05) is 0 Å². The van der Waals surface area contributed by atoms with Crippen LogP contribution in [0.15, 0.2) is 24.3 Å². The third-order valence-corrected chi connectivity index (χ3v) is 2.57. The molecule has 0 saturated carbocycles. The van der Waals surface area contributed by atoms with Crippen molar-refractivity contribution in [3.8, 4) is 0 Å². The Kier molecular flexibility index (Phi) is 4.51. The van der Waals surface area contributed by atoms with Gasteiger partial charge in [-0.3, -0.25) is 9.59 Å². The van der Waals surface area contributed by atoms with E-state index in [2.05, 4.69) is 10.6 Å². The normalized spacial score (nSPS) is 13.6. The molecule has 0 fully saturated rings. The third-order valence-electron chi connectivity index (χ3n) is 2.57. The highest BCUT2D eigenvalue weighted by atomic mass is 16.1. The Morgan fingerprint density at radius 3 is 1.44 bits per heavy atom. The molecule has 1 aromatic rings. The SMILES string of the molecule is CC(NC=O)c1ccc(C(C)NC=O)cc1. The van der Waals surface area contributed by atoms with E-state index in [-0.39, 0.29) is 12.1 Å². The topological polar surface area (TPSA) is 58.2 Å². The van der Waals surface area contributed by atoms with Crippen molar-refractivity contribution in [1.29, 1.82) is 0 Å². The zero-order valence-corrected chi connectivity index (χ0v) is 9.44. The quantitative estimate of drug-likeness (QED) is 0.710. The molecule has 2 N–H and O–H groups in total. The zero-order chi connectivity index (χ0) is 12.0. The molecule has 0 aliphatic heterocycles. The van der Waals surface area contributed by atoms with Crippen molar-refractivity contribution in [2.45, 2.75) is 25.9 Å². The Morgan fingerprint density at radius 1 is 0.875 bits per heavy atom. The summed E-state index contributed by atoms with van der Waals surface area (Å²) in [5.74, 6) is 0. The monoisotopic (exact) mass is 220 g/mol. The summed E-state index contributed by atoms with van der Waals surface area (Å²) in [7, 11) is 0. The Hall–Kier alpha value is -1.84. The molecule has 0 radical (unpaired) electrons. The van der Waals surface area contributed by atoms with Crippen molar-refractivity contribution >= 4 is 12.8 Å². The molecule has 0 spiro atoms. The van der Waals surface area contributed by atoms with Crippen LogP contribution in [-0.4, -0.2) is 12.8 Å². The van der Waals surface area contributed by atoms with E-state index in [1.807, 2.05) is 38.1 Å². The fourth-order valence-corrected chi connectivity index (χ4v) is 1.47. The van der Waals surface area contributed by atoms with Crippen molar-refractivity contribution in [3.05, 3.63) is 35.4 Å². The van der Waals surface area contributed by atoms with Crippen molar-refractivity contribution in [2.75, 3.05) is 0 Å². The van der Waals surface area contributed by atoms with Crippen LogP contribution in [0.5, 0.6) is 0 Å². The van der Waals surface area contributed by atoms with Crippen LogP contribution in [0.4, 0.5) is 0 Å². The third kappa shape index (κ3) is 3.08. The first-order chi connectivity index (χ1) is 7.69. The van der Waals surface area contributed by atoms with Crippen LogP contribution in [0.3, 0.4) is 0 Å². The van der Waals surface area contributed by atoms with E-state index in [9.17, 15) is 9.59 Å². The Morgan fingerprint density at radius 2 is 1.19 bits per heavy atom. The van der Waals surface area contributed by atoms with Gasteiger partial charge in [-0.05, 0) is 25.0 Å². The minimum Gasteiger partial charge on any atom is -0.352 e. The summed E-state index contributed by atoms with van der Waals surface area (Å²) in [6.07, 6.45) is 1.38. The lowest BCUT2D eigenvalue weighted by Crippen LogP contribution is -2.17. The lowest BCUT2D eigenvalue weighted by Gasteiger charge is -2.14. The lowest BCUT2D eigenvalue weighted by molar-refractivity contribution is -0.110. The first kappa shape index (κ1) is 12.2. The summed E-state index contributed by atoms with van der Waals surface area (Å²) in [5, 5.41) is 5.37. The summed E-state index contributed by atoms with van der Waals surface area (Å²) in [6, 6.07) is 7.78. The number of amides is 2. The van der Waals surface area contributed by atoms with Crippen molar-refractivity contribution in [2.24, 2.45) is 0 Å². The molecular formula is C12H16N2O2. The molecule has 0 aromatic heterocycles. The highest BCUT2D eigenvalue weighted by molar-refractivity contribution is 5.48. The first-order valence-corrected chi connectivity index (χ1v) is 5.18. The van der Waals surface area contributed by atoms with Gasteiger partial charge in [0.15, 0.2) is 0 Å². The van der Waals surface area contributed by atoms with Gasteiger partial charge in [-0.2, -0.15) is 0 Å². The second kappa shape index (κ2) is 5.90. The molecular weight excluding hydrogens is 204 g/mol. The van der Waals surface area contributed by atoms with E-state index in [4.69, 9.17) is 0 Å². The van der Waals surface area contributed by atoms with Crippen LogP contribution in [0, 0.1) is 0 Å².